The molecule has 1 aromatic carbocycles. The number of hydrogen-bond donors (Lipinski definition) is 2. The molecule has 0 spiro atoms. The Morgan fingerprint density at radius 3 is 2.58 bits per heavy atom. The maximum absolute atomic E-state index is 13.2. The number of benzene rings is 1. The van der Waals surface area contributed by atoms with E-state index in [0.717, 1.165) is 18.4 Å². The summed E-state index contributed by atoms with van der Waals surface area (Å²) in [6, 6.07) is 6.20. The maximum atomic E-state index is 13.2. The van der Waals surface area contributed by atoms with Crippen LogP contribution in [0.1, 0.15) is 24.8 Å². The van der Waals surface area contributed by atoms with Crippen LogP contribution >= 0.6 is 0 Å². The molecule has 2 fully saturated rings. The van der Waals surface area contributed by atoms with Crippen molar-refractivity contribution in [2.75, 3.05) is 0 Å². The Bertz CT molecular complexity index is 553. The van der Waals surface area contributed by atoms with Crippen LogP contribution in [0.15, 0.2) is 24.3 Å². The predicted octanol–water partition coefficient (Wildman–Crippen LogP) is 1.65. The van der Waals surface area contributed by atoms with Gasteiger partial charge in [0.2, 0.25) is 5.91 Å². The Balaban J connectivity index is 1.70. The second kappa shape index (κ2) is 4.05. The largest absolute Gasteiger partial charge is 0.481 e. The van der Waals surface area contributed by atoms with Gasteiger partial charge in [0.15, 0.2) is 0 Å². The average molecular weight is 263 g/mol. The SMILES string of the molecule is O=C(O)C1CC1C(=O)NC1(c2cccc(F)c2)CC1. The molecule has 19 heavy (non-hydrogen) atoms. The van der Waals surface area contributed by atoms with Gasteiger partial charge >= 0.3 is 5.97 Å². The molecular formula is C14H14FNO3. The average Bonchev–Trinajstić information content (AvgIpc) is 3.23. The van der Waals surface area contributed by atoms with Crippen molar-refractivity contribution in [3.8, 4) is 0 Å². The van der Waals surface area contributed by atoms with Crippen LogP contribution in [0.25, 0.3) is 0 Å². The molecule has 2 saturated carbocycles. The van der Waals surface area contributed by atoms with E-state index in [2.05, 4.69) is 5.32 Å². The third kappa shape index (κ3) is 2.20. The first kappa shape index (κ1) is 12.1. The molecule has 0 heterocycles. The van der Waals surface area contributed by atoms with Crippen LogP contribution < -0.4 is 5.32 Å². The second-order valence-electron chi connectivity index (χ2n) is 5.37. The minimum absolute atomic E-state index is 0.228. The van der Waals surface area contributed by atoms with E-state index in [-0.39, 0.29) is 11.7 Å². The van der Waals surface area contributed by atoms with E-state index in [0.29, 0.717) is 6.42 Å². The van der Waals surface area contributed by atoms with Crippen molar-refractivity contribution in [3.63, 3.8) is 0 Å². The number of carboxylic acid groups (broad SMARTS) is 1. The fraction of sp³-hybridized carbons (Fsp3) is 0.429. The van der Waals surface area contributed by atoms with Crippen LogP contribution in [0.3, 0.4) is 0 Å². The van der Waals surface area contributed by atoms with Crippen LogP contribution in [-0.2, 0) is 15.1 Å². The third-order valence-corrected chi connectivity index (χ3v) is 3.93. The quantitative estimate of drug-likeness (QED) is 0.868. The summed E-state index contributed by atoms with van der Waals surface area (Å²) in [5, 5.41) is 11.7. The highest BCUT2D eigenvalue weighted by molar-refractivity contribution is 5.90. The Morgan fingerprint density at radius 1 is 1.32 bits per heavy atom. The Morgan fingerprint density at radius 2 is 2.05 bits per heavy atom. The maximum Gasteiger partial charge on any atom is 0.307 e. The van der Waals surface area contributed by atoms with Gasteiger partial charge in [0, 0.05) is 0 Å². The summed E-state index contributed by atoms with van der Waals surface area (Å²) in [6.07, 6.45) is 1.94. The first-order valence-corrected chi connectivity index (χ1v) is 6.33. The predicted molar refractivity (Wildman–Crippen MR) is 64.7 cm³/mol. The fourth-order valence-corrected chi connectivity index (χ4v) is 2.48. The van der Waals surface area contributed by atoms with Crippen LogP contribution in [0.4, 0.5) is 4.39 Å². The van der Waals surface area contributed by atoms with E-state index >= 15 is 0 Å². The molecule has 0 aromatic heterocycles. The van der Waals surface area contributed by atoms with Gasteiger partial charge in [-0.05, 0) is 37.0 Å². The summed E-state index contributed by atoms with van der Waals surface area (Å²) in [4.78, 5) is 22.7. The molecule has 0 aliphatic heterocycles. The Hall–Kier alpha value is -1.91. The summed E-state index contributed by atoms with van der Waals surface area (Å²) >= 11 is 0. The van der Waals surface area contributed by atoms with Crippen LogP contribution in [0.5, 0.6) is 0 Å². The Labute approximate surface area is 109 Å². The Kier molecular flexibility index (Phi) is 2.59. The molecule has 0 radical (unpaired) electrons. The number of aliphatic carboxylic acids is 1. The second-order valence-corrected chi connectivity index (χ2v) is 5.37. The summed E-state index contributed by atoms with van der Waals surface area (Å²) in [6.45, 7) is 0. The zero-order valence-corrected chi connectivity index (χ0v) is 10.2. The summed E-state index contributed by atoms with van der Waals surface area (Å²) in [5.74, 6) is -2.45. The number of amides is 1. The van der Waals surface area contributed by atoms with E-state index in [1.54, 1.807) is 12.1 Å². The molecule has 2 aliphatic carbocycles. The van der Waals surface area contributed by atoms with Crippen molar-refractivity contribution in [2.24, 2.45) is 11.8 Å². The lowest BCUT2D eigenvalue weighted by Gasteiger charge is -2.18. The summed E-state index contributed by atoms with van der Waals surface area (Å²) in [7, 11) is 0. The number of carboxylic acids is 1. The van der Waals surface area contributed by atoms with Crippen molar-refractivity contribution in [1.82, 2.24) is 5.32 Å². The number of hydrogen-bond acceptors (Lipinski definition) is 2. The van der Waals surface area contributed by atoms with E-state index < -0.39 is 23.3 Å². The van der Waals surface area contributed by atoms with Gasteiger partial charge in [-0.2, -0.15) is 0 Å². The zero-order valence-electron chi connectivity index (χ0n) is 10.2. The van der Waals surface area contributed by atoms with E-state index in [4.69, 9.17) is 5.11 Å². The first-order chi connectivity index (χ1) is 9.02. The van der Waals surface area contributed by atoms with E-state index in [9.17, 15) is 14.0 Å². The molecular weight excluding hydrogens is 249 g/mol. The molecule has 4 nitrogen and oxygen atoms in total. The van der Waals surface area contributed by atoms with Gasteiger partial charge < -0.3 is 10.4 Å². The number of rotatable bonds is 4. The van der Waals surface area contributed by atoms with Gasteiger partial charge in [-0.1, -0.05) is 12.1 Å². The van der Waals surface area contributed by atoms with Crippen molar-refractivity contribution in [1.29, 1.82) is 0 Å². The smallest absolute Gasteiger partial charge is 0.307 e. The van der Waals surface area contributed by atoms with Crippen molar-refractivity contribution >= 4 is 11.9 Å². The zero-order chi connectivity index (χ0) is 13.6. The molecule has 2 unspecified atom stereocenters. The van der Waals surface area contributed by atoms with Gasteiger partial charge in [-0.3, -0.25) is 9.59 Å². The van der Waals surface area contributed by atoms with Crippen molar-refractivity contribution in [2.45, 2.75) is 24.8 Å². The normalized spacial score (nSPS) is 26.6. The lowest BCUT2D eigenvalue weighted by molar-refractivity contribution is -0.140. The van der Waals surface area contributed by atoms with Crippen LogP contribution in [-0.4, -0.2) is 17.0 Å². The minimum Gasteiger partial charge on any atom is -0.481 e. The van der Waals surface area contributed by atoms with Crippen LogP contribution in [0.2, 0.25) is 0 Å². The molecule has 5 heteroatoms. The van der Waals surface area contributed by atoms with Crippen molar-refractivity contribution in [3.05, 3.63) is 35.6 Å². The fourth-order valence-electron chi connectivity index (χ4n) is 2.48. The van der Waals surface area contributed by atoms with Gasteiger partial charge in [-0.15, -0.1) is 0 Å². The monoisotopic (exact) mass is 263 g/mol. The molecule has 2 atom stereocenters. The number of carbonyl (C=O) groups excluding carboxylic acids is 1. The minimum atomic E-state index is -0.921. The number of carbonyl (C=O) groups is 2. The van der Waals surface area contributed by atoms with Gasteiger partial charge in [0.05, 0.1) is 17.4 Å². The molecule has 100 valence electrons. The molecule has 1 aromatic rings. The molecule has 3 rings (SSSR count). The molecule has 2 N–H and O–H groups in total. The van der Waals surface area contributed by atoms with Gasteiger partial charge in [-0.25, -0.2) is 4.39 Å². The van der Waals surface area contributed by atoms with E-state index in [1.807, 2.05) is 0 Å². The van der Waals surface area contributed by atoms with Crippen molar-refractivity contribution < 1.29 is 19.1 Å². The van der Waals surface area contributed by atoms with Gasteiger partial charge in [0.1, 0.15) is 5.82 Å². The molecule has 1 amide bonds. The van der Waals surface area contributed by atoms with E-state index in [1.165, 1.54) is 12.1 Å². The topological polar surface area (TPSA) is 66.4 Å². The first-order valence-electron chi connectivity index (χ1n) is 6.33. The molecule has 0 saturated heterocycles. The highest BCUT2D eigenvalue weighted by Gasteiger charge is 2.53. The third-order valence-electron chi connectivity index (χ3n) is 3.93. The lowest BCUT2D eigenvalue weighted by Crippen LogP contribution is -2.36. The summed E-state index contributed by atoms with van der Waals surface area (Å²) < 4.78 is 13.2. The highest BCUT2D eigenvalue weighted by Crippen LogP contribution is 2.47. The standard InChI is InChI=1S/C14H14FNO3/c15-9-3-1-2-8(6-9)14(4-5-14)16-12(17)10-7-11(10)13(18)19/h1-3,6,10-11H,4-5,7H2,(H,16,17)(H,18,19). The summed E-state index contributed by atoms with van der Waals surface area (Å²) in [5.41, 5.74) is 0.276. The van der Waals surface area contributed by atoms with Crippen LogP contribution in [0, 0.1) is 17.7 Å². The molecule has 0 bridgehead atoms. The number of nitrogens with one attached hydrogen (secondary N) is 1. The highest BCUT2D eigenvalue weighted by atomic mass is 19.1. The number of halogens is 1. The van der Waals surface area contributed by atoms with Gasteiger partial charge in [0.25, 0.3) is 0 Å². The lowest BCUT2D eigenvalue weighted by atomic mass is 10.0. The molecule has 2 aliphatic rings.